The van der Waals surface area contributed by atoms with Crippen LogP contribution in [0.3, 0.4) is 0 Å². The molecule has 2 aromatic carbocycles. The third kappa shape index (κ3) is 4.39. The highest BCUT2D eigenvalue weighted by atomic mass is 79.9. The Morgan fingerprint density at radius 1 is 1.19 bits per heavy atom. The highest BCUT2D eigenvalue weighted by molar-refractivity contribution is 9.10. The number of rotatable bonds is 5. The lowest BCUT2D eigenvalue weighted by Crippen LogP contribution is -2.29. The number of benzene rings is 2. The summed E-state index contributed by atoms with van der Waals surface area (Å²) in [6, 6.07) is 14.1. The van der Waals surface area contributed by atoms with Crippen LogP contribution in [-0.2, 0) is 11.2 Å². The second-order valence-corrected chi connectivity index (χ2v) is 5.76. The summed E-state index contributed by atoms with van der Waals surface area (Å²) >= 11 is 3.39. The molecule has 0 aliphatic rings. The number of carbonyl (C=O) groups is 1. The van der Waals surface area contributed by atoms with Gasteiger partial charge in [0.15, 0.2) is 0 Å². The van der Waals surface area contributed by atoms with E-state index in [0.717, 1.165) is 16.5 Å². The van der Waals surface area contributed by atoms with Crippen molar-refractivity contribution in [3.63, 3.8) is 0 Å². The van der Waals surface area contributed by atoms with E-state index in [4.69, 9.17) is 0 Å². The Hall–Kier alpha value is -1.68. The van der Waals surface area contributed by atoms with Crippen LogP contribution in [-0.4, -0.2) is 5.91 Å². The van der Waals surface area contributed by atoms with Gasteiger partial charge in [-0.3, -0.25) is 4.79 Å². The molecular formula is C17H17BrFNO. The summed E-state index contributed by atoms with van der Waals surface area (Å²) in [4.78, 5) is 12.1. The molecule has 0 saturated heterocycles. The molecular weight excluding hydrogens is 333 g/mol. The lowest BCUT2D eigenvalue weighted by Gasteiger charge is -2.17. The molecule has 0 saturated carbocycles. The van der Waals surface area contributed by atoms with Crippen LogP contribution in [0.5, 0.6) is 0 Å². The van der Waals surface area contributed by atoms with E-state index in [1.165, 1.54) is 6.07 Å². The summed E-state index contributed by atoms with van der Waals surface area (Å²) in [5.41, 5.74) is 1.46. The van der Waals surface area contributed by atoms with Crippen molar-refractivity contribution in [1.29, 1.82) is 0 Å². The Morgan fingerprint density at radius 2 is 1.86 bits per heavy atom. The maximum Gasteiger partial charge on any atom is 0.225 e. The molecule has 4 heteroatoms. The molecule has 0 aromatic heterocycles. The standard InChI is InChI=1S/C17H17BrFNO/c1-2-16(12-7-9-14(18)10-8-12)20-17(21)11-13-5-3-4-6-15(13)19/h3-10,16H,2,11H2,1H3,(H,20,21). The Balaban J connectivity index is 2.03. The van der Waals surface area contributed by atoms with Crippen LogP contribution in [0.15, 0.2) is 53.0 Å². The van der Waals surface area contributed by atoms with Crippen molar-refractivity contribution in [1.82, 2.24) is 5.32 Å². The molecule has 2 aromatic rings. The van der Waals surface area contributed by atoms with E-state index in [-0.39, 0.29) is 24.2 Å². The molecule has 21 heavy (non-hydrogen) atoms. The number of hydrogen-bond acceptors (Lipinski definition) is 1. The molecule has 0 radical (unpaired) electrons. The Labute approximate surface area is 132 Å². The second-order valence-electron chi connectivity index (χ2n) is 4.85. The molecule has 0 bridgehead atoms. The summed E-state index contributed by atoms with van der Waals surface area (Å²) in [5.74, 6) is -0.515. The fourth-order valence-corrected chi connectivity index (χ4v) is 2.44. The van der Waals surface area contributed by atoms with Gasteiger partial charge in [-0.05, 0) is 35.7 Å². The Morgan fingerprint density at radius 3 is 2.48 bits per heavy atom. The van der Waals surface area contributed by atoms with Crippen LogP contribution in [0.2, 0.25) is 0 Å². The fraction of sp³-hybridized carbons (Fsp3) is 0.235. The maximum absolute atomic E-state index is 13.6. The molecule has 0 aliphatic heterocycles. The van der Waals surface area contributed by atoms with E-state index in [2.05, 4.69) is 21.2 Å². The van der Waals surface area contributed by atoms with Crippen molar-refractivity contribution in [2.75, 3.05) is 0 Å². The quantitative estimate of drug-likeness (QED) is 0.851. The first-order valence-corrected chi connectivity index (χ1v) is 7.67. The first-order valence-electron chi connectivity index (χ1n) is 6.88. The highest BCUT2D eigenvalue weighted by Gasteiger charge is 2.14. The van der Waals surface area contributed by atoms with E-state index in [0.29, 0.717) is 5.56 Å². The van der Waals surface area contributed by atoms with Crippen LogP contribution in [0, 0.1) is 5.82 Å². The molecule has 1 amide bonds. The molecule has 0 fully saturated rings. The van der Waals surface area contributed by atoms with Gasteiger partial charge in [-0.1, -0.05) is 53.2 Å². The third-order valence-corrected chi connectivity index (χ3v) is 3.85. The lowest BCUT2D eigenvalue weighted by molar-refractivity contribution is -0.121. The van der Waals surface area contributed by atoms with Gasteiger partial charge in [-0.25, -0.2) is 4.39 Å². The normalized spacial score (nSPS) is 12.0. The SMILES string of the molecule is CCC(NC(=O)Cc1ccccc1F)c1ccc(Br)cc1. The minimum absolute atomic E-state index is 0.0553. The zero-order valence-electron chi connectivity index (χ0n) is 11.8. The van der Waals surface area contributed by atoms with Crippen molar-refractivity contribution in [3.8, 4) is 0 Å². The third-order valence-electron chi connectivity index (χ3n) is 3.32. The van der Waals surface area contributed by atoms with Crippen LogP contribution >= 0.6 is 15.9 Å². The summed E-state index contributed by atoms with van der Waals surface area (Å²) in [6.07, 6.45) is 0.838. The maximum atomic E-state index is 13.6. The number of nitrogens with one attached hydrogen (secondary N) is 1. The first kappa shape index (κ1) is 15.7. The summed E-state index contributed by atoms with van der Waals surface area (Å²) in [7, 11) is 0. The van der Waals surface area contributed by atoms with Gasteiger partial charge in [-0.2, -0.15) is 0 Å². The zero-order chi connectivity index (χ0) is 15.2. The van der Waals surface area contributed by atoms with Crippen molar-refractivity contribution < 1.29 is 9.18 Å². The summed E-state index contributed by atoms with van der Waals surface area (Å²) in [5, 5.41) is 2.96. The topological polar surface area (TPSA) is 29.1 Å². The van der Waals surface area contributed by atoms with Crippen LogP contribution in [0.1, 0.15) is 30.5 Å². The molecule has 1 N–H and O–H groups in total. The minimum Gasteiger partial charge on any atom is -0.349 e. The van der Waals surface area contributed by atoms with E-state index < -0.39 is 0 Å². The van der Waals surface area contributed by atoms with Crippen molar-refractivity contribution in [3.05, 3.63) is 69.9 Å². The minimum atomic E-state index is -0.343. The monoisotopic (exact) mass is 349 g/mol. The van der Waals surface area contributed by atoms with Gasteiger partial charge in [0.2, 0.25) is 5.91 Å². The van der Waals surface area contributed by atoms with E-state index in [1.54, 1.807) is 18.2 Å². The molecule has 1 atom stereocenters. The van der Waals surface area contributed by atoms with Crippen LogP contribution in [0.25, 0.3) is 0 Å². The van der Waals surface area contributed by atoms with Gasteiger partial charge in [0.25, 0.3) is 0 Å². The van der Waals surface area contributed by atoms with E-state index in [1.807, 2.05) is 31.2 Å². The van der Waals surface area contributed by atoms with E-state index in [9.17, 15) is 9.18 Å². The van der Waals surface area contributed by atoms with Crippen molar-refractivity contribution in [2.24, 2.45) is 0 Å². The number of amides is 1. The molecule has 0 aliphatic carbocycles. The average molecular weight is 350 g/mol. The van der Waals surface area contributed by atoms with Gasteiger partial charge in [0, 0.05) is 4.47 Å². The van der Waals surface area contributed by atoms with E-state index >= 15 is 0 Å². The summed E-state index contributed by atoms with van der Waals surface area (Å²) < 4.78 is 14.6. The van der Waals surface area contributed by atoms with Gasteiger partial charge in [-0.15, -0.1) is 0 Å². The van der Waals surface area contributed by atoms with Gasteiger partial charge in [0.05, 0.1) is 12.5 Å². The molecule has 0 heterocycles. The summed E-state index contributed by atoms with van der Waals surface area (Å²) in [6.45, 7) is 2.01. The average Bonchev–Trinajstić information content (AvgIpc) is 2.48. The fourth-order valence-electron chi connectivity index (χ4n) is 2.18. The Kier molecular flexibility index (Phi) is 5.51. The number of hydrogen-bond donors (Lipinski definition) is 1. The number of halogens is 2. The Bertz CT molecular complexity index is 612. The van der Waals surface area contributed by atoms with Gasteiger partial charge < -0.3 is 5.32 Å². The van der Waals surface area contributed by atoms with Crippen LogP contribution < -0.4 is 5.32 Å². The molecule has 2 nitrogen and oxygen atoms in total. The second kappa shape index (κ2) is 7.36. The molecule has 0 spiro atoms. The lowest BCUT2D eigenvalue weighted by atomic mass is 10.0. The molecule has 1 unspecified atom stereocenters. The predicted octanol–water partition coefficient (Wildman–Crippen LogP) is 4.40. The highest BCUT2D eigenvalue weighted by Crippen LogP contribution is 2.19. The van der Waals surface area contributed by atoms with Gasteiger partial charge >= 0.3 is 0 Å². The van der Waals surface area contributed by atoms with Crippen molar-refractivity contribution in [2.45, 2.75) is 25.8 Å². The molecule has 2 rings (SSSR count). The predicted molar refractivity (Wildman–Crippen MR) is 85.4 cm³/mol. The van der Waals surface area contributed by atoms with Crippen molar-refractivity contribution >= 4 is 21.8 Å². The van der Waals surface area contributed by atoms with Crippen LogP contribution in [0.4, 0.5) is 4.39 Å². The number of carbonyl (C=O) groups excluding carboxylic acids is 1. The largest absolute Gasteiger partial charge is 0.349 e. The smallest absolute Gasteiger partial charge is 0.225 e. The molecule has 110 valence electrons. The first-order chi connectivity index (χ1) is 10.1. The van der Waals surface area contributed by atoms with Gasteiger partial charge in [0.1, 0.15) is 5.82 Å². The zero-order valence-corrected chi connectivity index (χ0v) is 13.4.